The van der Waals surface area contributed by atoms with Gasteiger partial charge in [-0.25, -0.2) is 0 Å². The summed E-state index contributed by atoms with van der Waals surface area (Å²) in [4.78, 5) is 13.4. The van der Waals surface area contributed by atoms with Crippen molar-refractivity contribution < 1.29 is 4.79 Å². The highest BCUT2D eigenvalue weighted by atomic mass is 35.5. The number of halogens is 1. The molecule has 2 rings (SSSR count). The highest BCUT2D eigenvalue weighted by molar-refractivity contribution is 6.33. The normalized spacial score (nSPS) is 15.6. The van der Waals surface area contributed by atoms with E-state index >= 15 is 0 Å². The van der Waals surface area contributed by atoms with Gasteiger partial charge in [0.05, 0.1) is 17.3 Å². The Kier molecular flexibility index (Phi) is 5.26. The summed E-state index contributed by atoms with van der Waals surface area (Å²) in [6.45, 7) is 8.03. The van der Waals surface area contributed by atoms with Crippen molar-refractivity contribution in [2.75, 3.05) is 31.1 Å². The fraction of sp³-hybridized carbons (Fsp3) is 0.533. The molecule has 2 N–H and O–H groups in total. The number of nitrogens with one attached hydrogen (secondary N) is 2. The smallest absolute Gasteiger partial charge is 0.239 e. The maximum Gasteiger partial charge on any atom is 0.239 e. The Balaban J connectivity index is 2.00. The molecule has 1 amide bonds. The van der Waals surface area contributed by atoms with Crippen LogP contribution in [0, 0.1) is 5.92 Å². The molecular weight excluding hydrogens is 274 g/mol. The Morgan fingerprint density at radius 1 is 1.45 bits per heavy atom. The topological polar surface area (TPSA) is 44.4 Å². The molecular formula is C15H22ClN3O. The highest BCUT2D eigenvalue weighted by Gasteiger charge is 2.18. The van der Waals surface area contributed by atoms with E-state index in [4.69, 9.17) is 11.6 Å². The van der Waals surface area contributed by atoms with Crippen molar-refractivity contribution in [3.63, 3.8) is 0 Å². The SMILES string of the molecule is CC(C)CNCc1ccc(N2CCNC(=O)C2)c(Cl)c1. The molecule has 1 aromatic carbocycles. The second kappa shape index (κ2) is 6.95. The van der Waals surface area contributed by atoms with Crippen molar-refractivity contribution in [2.24, 2.45) is 5.92 Å². The summed E-state index contributed by atoms with van der Waals surface area (Å²) in [6, 6.07) is 6.06. The van der Waals surface area contributed by atoms with Crippen LogP contribution < -0.4 is 15.5 Å². The van der Waals surface area contributed by atoms with Crippen LogP contribution in [0.2, 0.25) is 5.02 Å². The van der Waals surface area contributed by atoms with Crippen LogP contribution in [-0.4, -0.2) is 32.1 Å². The molecule has 0 aliphatic carbocycles. The second-order valence-electron chi connectivity index (χ2n) is 5.58. The third kappa shape index (κ3) is 4.12. The van der Waals surface area contributed by atoms with E-state index in [0.717, 1.165) is 25.3 Å². The van der Waals surface area contributed by atoms with Crippen LogP contribution in [0.4, 0.5) is 5.69 Å². The van der Waals surface area contributed by atoms with Crippen LogP contribution in [0.15, 0.2) is 18.2 Å². The largest absolute Gasteiger partial charge is 0.359 e. The molecule has 0 radical (unpaired) electrons. The molecule has 0 spiro atoms. The molecule has 0 saturated carbocycles. The monoisotopic (exact) mass is 295 g/mol. The number of carbonyl (C=O) groups excluding carboxylic acids is 1. The maximum absolute atomic E-state index is 11.4. The number of piperazine rings is 1. The lowest BCUT2D eigenvalue weighted by atomic mass is 10.1. The number of carbonyl (C=O) groups is 1. The molecule has 1 aliphatic rings. The summed E-state index contributed by atoms with van der Waals surface area (Å²) in [6.07, 6.45) is 0. The molecule has 1 aliphatic heterocycles. The minimum absolute atomic E-state index is 0.0509. The van der Waals surface area contributed by atoms with Crippen molar-refractivity contribution in [3.8, 4) is 0 Å². The maximum atomic E-state index is 11.4. The van der Waals surface area contributed by atoms with Crippen molar-refractivity contribution in [1.29, 1.82) is 0 Å². The van der Waals surface area contributed by atoms with Crippen molar-refractivity contribution in [2.45, 2.75) is 20.4 Å². The van der Waals surface area contributed by atoms with Gasteiger partial charge in [-0.2, -0.15) is 0 Å². The molecule has 20 heavy (non-hydrogen) atoms. The van der Waals surface area contributed by atoms with Crippen molar-refractivity contribution in [3.05, 3.63) is 28.8 Å². The zero-order valence-electron chi connectivity index (χ0n) is 12.1. The van der Waals surface area contributed by atoms with E-state index in [1.54, 1.807) is 0 Å². The van der Waals surface area contributed by atoms with Crippen LogP contribution in [0.1, 0.15) is 19.4 Å². The van der Waals surface area contributed by atoms with E-state index in [1.165, 1.54) is 5.56 Å². The Morgan fingerprint density at radius 2 is 2.25 bits per heavy atom. The van der Waals surface area contributed by atoms with Gasteiger partial charge in [0.25, 0.3) is 0 Å². The van der Waals surface area contributed by atoms with Gasteiger partial charge in [0.1, 0.15) is 0 Å². The molecule has 0 unspecified atom stereocenters. The molecule has 1 aromatic rings. The first-order valence-corrected chi connectivity index (χ1v) is 7.45. The summed E-state index contributed by atoms with van der Waals surface area (Å²) in [5.74, 6) is 0.687. The summed E-state index contributed by atoms with van der Waals surface area (Å²) in [5, 5.41) is 6.93. The Morgan fingerprint density at radius 3 is 2.90 bits per heavy atom. The van der Waals surface area contributed by atoms with E-state index in [1.807, 2.05) is 17.0 Å². The molecule has 5 heteroatoms. The lowest BCUT2D eigenvalue weighted by Gasteiger charge is -2.29. The molecule has 110 valence electrons. The molecule has 1 fully saturated rings. The Labute approximate surface area is 125 Å². The Hall–Kier alpha value is -1.26. The van der Waals surface area contributed by atoms with Crippen LogP contribution >= 0.6 is 11.6 Å². The van der Waals surface area contributed by atoms with E-state index in [2.05, 4.69) is 30.5 Å². The van der Waals surface area contributed by atoms with Crippen LogP contribution in [0.25, 0.3) is 0 Å². The first-order valence-electron chi connectivity index (χ1n) is 7.07. The summed E-state index contributed by atoms with van der Waals surface area (Å²) < 4.78 is 0. The van der Waals surface area contributed by atoms with E-state index in [0.29, 0.717) is 24.0 Å². The average molecular weight is 296 g/mol. The van der Waals surface area contributed by atoms with Gasteiger partial charge in [-0.1, -0.05) is 31.5 Å². The van der Waals surface area contributed by atoms with Gasteiger partial charge < -0.3 is 15.5 Å². The first-order chi connectivity index (χ1) is 9.56. The lowest BCUT2D eigenvalue weighted by Crippen LogP contribution is -2.47. The fourth-order valence-corrected chi connectivity index (χ4v) is 2.59. The van der Waals surface area contributed by atoms with Gasteiger partial charge in [0.15, 0.2) is 0 Å². The molecule has 0 bridgehead atoms. The number of hydrogen-bond acceptors (Lipinski definition) is 3. The van der Waals surface area contributed by atoms with Gasteiger partial charge in [-0.3, -0.25) is 4.79 Å². The third-order valence-corrected chi connectivity index (χ3v) is 3.58. The van der Waals surface area contributed by atoms with E-state index in [-0.39, 0.29) is 5.91 Å². The quantitative estimate of drug-likeness (QED) is 0.873. The van der Waals surface area contributed by atoms with Gasteiger partial charge in [0, 0.05) is 19.6 Å². The van der Waals surface area contributed by atoms with Crippen LogP contribution in [-0.2, 0) is 11.3 Å². The van der Waals surface area contributed by atoms with Crippen molar-refractivity contribution in [1.82, 2.24) is 10.6 Å². The van der Waals surface area contributed by atoms with Gasteiger partial charge in [-0.05, 0) is 30.2 Å². The summed E-state index contributed by atoms with van der Waals surface area (Å²) in [7, 11) is 0. The van der Waals surface area contributed by atoms with Crippen LogP contribution in [0.5, 0.6) is 0 Å². The van der Waals surface area contributed by atoms with Gasteiger partial charge in [-0.15, -0.1) is 0 Å². The number of benzene rings is 1. The summed E-state index contributed by atoms with van der Waals surface area (Å²) in [5.41, 5.74) is 2.11. The zero-order chi connectivity index (χ0) is 14.5. The van der Waals surface area contributed by atoms with Crippen LogP contribution in [0.3, 0.4) is 0 Å². The number of rotatable bonds is 5. The summed E-state index contributed by atoms with van der Waals surface area (Å²) >= 11 is 6.35. The standard InChI is InChI=1S/C15H22ClN3O/c1-11(2)8-17-9-12-3-4-14(13(16)7-12)19-6-5-18-15(20)10-19/h3-4,7,11,17H,5-6,8-10H2,1-2H3,(H,18,20). The first kappa shape index (κ1) is 15.1. The minimum atomic E-state index is 0.0509. The predicted octanol–water partition coefficient (Wildman–Crippen LogP) is 2.02. The number of hydrogen-bond donors (Lipinski definition) is 2. The third-order valence-electron chi connectivity index (χ3n) is 3.27. The highest BCUT2D eigenvalue weighted by Crippen LogP contribution is 2.27. The number of nitrogens with zero attached hydrogens (tertiary/aromatic N) is 1. The molecule has 0 atom stereocenters. The minimum Gasteiger partial charge on any atom is -0.359 e. The molecule has 1 heterocycles. The van der Waals surface area contributed by atoms with Gasteiger partial charge >= 0.3 is 0 Å². The predicted molar refractivity (Wildman–Crippen MR) is 83.2 cm³/mol. The molecule has 0 aromatic heterocycles. The molecule has 1 saturated heterocycles. The lowest BCUT2D eigenvalue weighted by molar-refractivity contribution is -0.120. The molecule has 4 nitrogen and oxygen atoms in total. The fourth-order valence-electron chi connectivity index (χ4n) is 2.27. The average Bonchev–Trinajstić information content (AvgIpc) is 2.38. The van der Waals surface area contributed by atoms with Crippen molar-refractivity contribution >= 4 is 23.2 Å². The second-order valence-corrected chi connectivity index (χ2v) is 5.99. The van der Waals surface area contributed by atoms with Gasteiger partial charge in [0.2, 0.25) is 5.91 Å². The zero-order valence-corrected chi connectivity index (χ0v) is 12.8. The number of anilines is 1. The van der Waals surface area contributed by atoms with E-state index in [9.17, 15) is 4.79 Å². The van der Waals surface area contributed by atoms with E-state index < -0.39 is 0 Å². The Bertz CT molecular complexity index is 476. The number of amides is 1.